The highest BCUT2D eigenvalue weighted by Crippen LogP contribution is 2.44. The van der Waals surface area contributed by atoms with Gasteiger partial charge in [0.2, 0.25) is 0 Å². The summed E-state index contributed by atoms with van der Waals surface area (Å²) in [5.74, 6) is 0.719. The molecule has 0 spiro atoms. The smallest absolute Gasteiger partial charge is 0.293 e. The van der Waals surface area contributed by atoms with Gasteiger partial charge in [-0.3, -0.25) is 14.9 Å². The predicted octanol–water partition coefficient (Wildman–Crippen LogP) is 6.17. The summed E-state index contributed by atoms with van der Waals surface area (Å²) in [6.07, 6.45) is 4.76. The van der Waals surface area contributed by atoms with Gasteiger partial charge in [0.15, 0.2) is 0 Å². The van der Waals surface area contributed by atoms with E-state index in [0.717, 1.165) is 50.8 Å². The first-order valence-corrected chi connectivity index (χ1v) is 12.8. The van der Waals surface area contributed by atoms with Gasteiger partial charge < -0.3 is 10.2 Å². The summed E-state index contributed by atoms with van der Waals surface area (Å²) in [4.78, 5) is 27.7. The van der Waals surface area contributed by atoms with Crippen molar-refractivity contribution in [1.82, 2.24) is 0 Å². The number of nitro groups is 1. The lowest BCUT2D eigenvalue weighted by Crippen LogP contribution is -2.33. The van der Waals surface area contributed by atoms with Gasteiger partial charge in [0, 0.05) is 29.6 Å². The molecule has 34 heavy (non-hydrogen) atoms. The molecule has 180 valence electrons. The number of benzene rings is 1. The quantitative estimate of drug-likeness (QED) is 0.417. The Hall–Kier alpha value is -2.92. The van der Waals surface area contributed by atoms with E-state index in [1.54, 1.807) is 12.1 Å². The first-order chi connectivity index (χ1) is 16.1. The predicted molar refractivity (Wildman–Crippen MR) is 136 cm³/mol. The molecule has 4 rings (SSSR count). The molecule has 1 N–H and O–H groups in total. The molecule has 1 fully saturated rings. The van der Waals surface area contributed by atoms with Gasteiger partial charge >= 0.3 is 0 Å². The van der Waals surface area contributed by atoms with Gasteiger partial charge in [-0.2, -0.15) is 5.26 Å². The van der Waals surface area contributed by atoms with Crippen LogP contribution in [-0.2, 0) is 12.8 Å². The number of nitrogens with one attached hydrogen (secondary N) is 1. The number of carbonyl (C=O) groups excluding carboxylic acids is 1. The molecule has 2 heterocycles. The van der Waals surface area contributed by atoms with E-state index in [-0.39, 0.29) is 16.7 Å². The van der Waals surface area contributed by atoms with Crippen molar-refractivity contribution < 1.29 is 9.72 Å². The fourth-order valence-corrected chi connectivity index (χ4v) is 6.31. The number of piperidine rings is 1. The van der Waals surface area contributed by atoms with Gasteiger partial charge in [-0.05, 0) is 67.1 Å². The third-order valence-corrected chi connectivity index (χ3v) is 8.56. The lowest BCUT2D eigenvalue weighted by atomic mass is 9.72. The van der Waals surface area contributed by atoms with E-state index < -0.39 is 10.8 Å². The molecule has 1 aliphatic heterocycles. The maximum atomic E-state index is 13.1. The topological polar surface area (TPSA) is 99.3 Å². The van der Waals surface area contributed by atoms with Crippen LogP contribution in [0, 0.1) is 38.7 Å². The Bertz CT molecular complexity index is 1150. The van der Waals surface area contributed by atoms with Crippen LogP contribution in [0.25, 0.3) is 0 Å². The Morgan fingerprint density at radius 2 is 1.97 bits per heavy atom. The van der Waals surface area contributed by atoms with Crippen LogP contribution in [0.15, 0.2) is 18.2 Å². The van der Waals surface area contributed by atoms with Crippen molar-refractivity contribution in [2.24, 2.45) is 17.3 Å². The number of nitrogens with zero attached hydrogens (tertiary/aromatic N) is 3. The highest BCUT2D eigenvalue weighted by Gasteiger charge is 2.33. The lowest BCUT2D eigenvalue weighted by Gasteiger charge is -2.33. The van der Waals surface area contributed by atoms with Crippen molar-refractivity contribution in [3.63, 3.8) is 0 Å². The maximum Gasteiger partial charge on any atom is 0.293 e. The zero-order chi connectivity index (χ0) is 24.6. The summed E-state index contributed by atoms with van der Waals surface area (Å²) >= 11 is 1.47. The van der Waals surface area contributed by atoms with E-state index in [1.807, 2.05) is 4.90 Å². The molecule has 1 saturated heterocycles. The second kappa shape index (κ2) is 9.38. The SMILES string of the molecule is CC1CCN(c2ccc(C(=O)Nc3sc4c(c3C#N)CC[C@H](C(C)(C)C)C4)cc2[N+](=O)[O-])CC1. The van der Waals surface area contributed by atoms with E-state index in [4.69, 9.17) is 0 Å². The van der Waals surface area contributed by atoms with Gasteiger partial charge in [0.25, 0.3) is 11.6 Å². The highest BCUT2D eigenvalue weighted by atomic mass is 32.1. The number of hydrogen-bond acceptors (Lipinski definition) is 6. The van der Waals surface area contributed by atoms with Crippen LogP contribution >= 0.6 is 11.3 Å². The third-order valence-electron chi connectivity index (χ3n) is 7.39. The van der Waals surface area contributed by atoms with Crippen LogP contribution in [0.2, 0.25) is 0 Å². The van der Waals surface area contributed by atoms with Crippen LogP contribution in [0.3, 0.4) is 0 Å². The van der Waals surface area contributed by atoms with Crippen LogP contribution in [-0.4, -0.2) is 23.9 Å². The largest absolute Gasteiger partial charge is 0.366 e. The standard InChI is InChI=1S/C26H32N4O3S/c1-16-9-11-29(12-10-16)21-8-5-17(13-22(21)30(32)33)24(31)28-25-20(15-27)19-7-6-18(26(2,3)4)14-23(19)34-25/h5,8,13,16,18H,6-7,9-12,14H2,1-4H3,(H,28,31)/t18-/m0/s1. The Labute approximate surface area is 204 Å². The fraction of sp³-hybridized carbons (Fsp3) is 0.538. The molecule has 0 bridgehead atoms. The lowest BCUT2D eigenvalue weighted by molar-refractivity contribution is -0.384. The summed E-state index contributed by atoms with van der Waals surface area (Å²) in [5, 5.41) is 25.0. The number of hydrogen-bond donors (Lipinski definition) is 1. The molecule has 7 nitrogen and oxygen atoms in total. The number of carbonyl (C=O) groups is 1. The number of nitro benzene ring substituents is 1. The second-order valence-electron chi connectivity index (χ2n) is 10.7. The Kier molecular flexibility index (Phi) is 6.68. The van der Waals surface area contributed by atoms with E-state index in [1.165, 1.54) is 22.3 Å². The number of thiophene rings is 1. The number of amides is 1. The van der Waals surface area contributed by atoms with Crippen LogP contribution in [0.5, 0.6) is 0 Å². The molecular weight excluding hydrogens is 448 g/mol. The highest BCUT2D eigenvalue weighted by molar-refractivity contribution is 7.16. The molecule has 2 aliphatic rings. The van der Waals surface area contributed by atoms with Gasteiger partial charge in [0.1, 0.15) is 16.8 Å². The summed E-state index contributed by atoms with van der Waals surface area (Å²) in [6.45, 7) is 10.5. The summed E-state index contributed by atoms with van der Waals surface area (Å²) < 4.78 is 0. The maximum absolute atomic E-state index is 13.1. The minimum atomic E-state index is -0.426. The monoisotopic (exact) mass is 480 g/mol. The van der Waals surface area contributed by atoms with Crippen molar-refractivity contribution in [3.05, 3.63) is 49.9 Å². The van der Waals surface area contributed by atoms with Crippen molar-refractivity contribution in [1.29, 1.82) is 5.26 Å². The molecule has 1 atom stereocenters. The van der Waals surface area contributed by atoms with Crippen LogP contribution in [0.4, 0.5) is 16.4 Å². The Morgan fingerprint density at radius 3 is 2.59 bits per heavy atom. The van der Waals surface area contributed by atoms with E-state index in [2.05, 4.69) is 39.1 Å². The van der Waals surface area contributed by atoms with Gasteiger partial charge in [-0.15, -0.1) is 11.3 Å². The second-order valence-corrected chi connectivity index (χ2v) is 11.8. The normalized spacial score (nSPS) is 18.8. The average molecular weight is 481 g/mol. The minimum absolute atomic E-state index is 0.0544. The average Bonchev–Trinajstić information content (AvgIpc) is 3.14. The molecule has 0 unspecified atom stereocenters. The summed E-state index contributed by atoms with van der Waals surface area (Å²) in [5.41, 5.74) is 2.50. The number of fused-ring (bicyclic) bond motifs is 1. The van der Waals surface area contributed by atoms with Crippen molar-refractivity contribution in [2.75, 3.05) is 23.3 Å². The van der Waals surface area contributed by atoms with Crippen molar-refractivity contribution >= 4 is 33.6 Å². The van der Waals surface area contributed by atoms with Crippen LogP contribution in [0.1, 0.15) is 73.3 Å². The molecule has 1 aliphatic carbocycles. The molecule has 2 aromatic rings. The Morgan fingerprint density at radius 1 is 1.26 bits per heavy atom. The zero-order valence-corrected chi connectivity index (χ0v) is 21.1. The molecule has 0 radical (unpaired) electrons. The van der Waals surface area contributed by atoms with Crippen LogP contribution < -0.4 is 10.2 Å². The minimum Gasteiger partial charge on any atom is -0.366 e. The first-order valence-electron chi connectivity index (χ1n) is 12.0. The molecule has 1 aromatic heterocycles. The molecule has 0 saturated carbocycles. The van der Waals surface area contributed by atoms with E-state index in [0.29, 0.717) is 28.1 Å². The number of anilines is 2. The Balaban J connectivity index is 1.58. The third kappa shape index (κ3) is 4.80. The number of nitriles is 1. The van der Waals surface area contributed by atoms with E-state index >= 15 is 0 Å². The number of rotatable bonds is 4. The first kappa shape index (κ1) is 24.2. The zero-order valence-electron chi connectivity index (χ0n) is 20.3. The summed E-state index contributed by atoms with van der Waals surface area (Å²) in [7, 11) is 0. The fourth-order valence-electron chi connectivity index (χ4n) is 5.03. The van der Waals surface area contributed by atoms with E-state index in [9.17, 15) is 20.2 Å². The van der Waals surface area contributed by atoms with Gasteiger partial charge in [-0.1, -0.05) is 27.7 Å². The molecule has 8 heteroatoms. The molecule has 1 amide bonds. The van der Waals surface area contributed by atoms with Crippen molar-refractivity contribution in [3.8, 4) is 6.07 Å². The van der Waals surface area contributed by atoms with Gasteiger partial charge in [-0.25, -0.2) is 0 Å². The summed E-state index contributed by atoms with van der Waals surface area (Å²) in [6, 6.07) is 6.97. The molecular formula is C26H32N4O3S. The van der Waals surface area contributed by atoms with Gasteiger partial charge in [0.05, 0.1) is 10.5 Å². The van der Waals surface area contributed by atoms with Crippen molar-refractivity contribution in [2.45, 2.75) is 59.8 Å². The molecule has 1 aromatic carbocycles.